The molecule has 2 aliphatic rings. The lowest BCUT2D eigenvalue weighted by Crippen LogP contribution is -2.30. The average molecular weight is 461 g/mol. The van der Waals surface area contributed by atoms with Gasteiger partial charge in [0, 0.05) is 12.0 Å². The Bertz CT molecular complexity index is 902. The highest BCUT2D eigenvalue weighted by atomic mass is 19.1. The maximum atomic E-state index is 15.5. The van der Waals surface area contributed by atoms with Crippen LogP contribution >= 0.6 is 0 Å². The number of aryl methyl sites for hydroxylation is 1. The van der Waals surface area contributed by atoms with Gasteiger partial charge in [-0.15, -0.1) is 0 Å². The number of esters is 1. The molecule has 2 saturated carbocycles. The second-order valence-corrected chi connectivity index (χ2v) is 8.85. The van der Waals surface area contributed by atoms with Crippen LogP contribution in [0.5, 0.6) is 11.5 Å². The highest BCUT2D eigenvalue weighted by molar-refractivity contribution is 5.69. The van der Waals surface area contributed by atoms with Gasteiger partial charge >= 0.3 is 5.97 Å². The van der Waals surface area contributed by atoms with E-state index in [0.717, 1.165) is 11.3 Å². The van der Waals surface area contributed by atoms with E-state index in [2.05, 4.69) is 4.74 Å². The molecule has 0 atom stereocenters. The zero-order valence-corrected chi connectivity index (χ0v) is 19.6. The number of halogens is 2. The molecule has 6 heteroatoms. The van der Waals surface area contributed by atoms with Crippen LogP contribution in [0.1, 0.15) is 62.5 Å². The van der Waals surface area contributed by atoms with Gasteiger partial charge in [0.05, 0.1) is 20.8 Å². The summed E-state index contributed by atoms with van der Waals surface area (Å²) in [5.74, 6) is 0.623. The number of benzene rings is 2. The molecule has 2 fully saturated rings. The Hall–Kier alpha value is -2.63. The zero-order chi connectivity index (χ0) is 23.7. The summed E-state index contributed by atoms with van der Waals surface area (Å²) in [6.45, 7) is 0.483. The Morgan fingerprint density at radius 3 is 2.39 bits per heavy atom. The Morgan fingerprint density at radius 2 is 1.76 bits per heavy atom. The predicted molar refractivity (Wildman–Crippen MR) is 124 cm³/mol. The van der Waals surface area contributed by atoms with Crippen LogP contribution in [-0.2, 0) is 21.6 Å². The van der Waals surface area contributed by atoms with E-state index >= 15 is 4.39 Å². The summed E-state index contributed by atoms with van der Waals surface area (Å²) in [4.78, 5) is 11.3. The summed E-state index contributed by atoms with van der Waals surface area (Å²) in [6.07, 6.45) is 7.16. The van der Waals surface area contributed by atoms with Gasteiger partial charge < -0.3 is 14.2 Å². The number of carbonyl (C=O) groups excluding carboxylic acids is 1. The van der Waals surface area contributed by atoms with E-state index in [-0.39, 0.29) is 30.3 Å². The van der Waals surface area contributed by atoms with Crippen molar-refractivity contribution < 1.29 is 27.8 Å². The summed E-state index contributed by atoms with van der Waals surface area (Å²) >= 11 is 0. The number of methoxy groups -OCH3 is 2. The topological polar surface area (TPSA) is 44.8 Å². The van der Waals surface area contributed by atoms with Gasteiger partial charge in [-0.2, -0.15) is 0 Å². The van der Waals surface area contributed by atoms with E-state index in [1.807, 2.05) is 24.3 Å². The van der Waals surface area contributed by atoms with Crippen LogP contribution in [0.2, 0.25) is 0 Å². The first-order valence-electron chi connectivity index (χ1n) is 11.7. The first kappa shape index (κ1) is 25.0. The SMILES string of the molecule is C1CC1.COC(=O)CCc1cccc(OCC2CCC(F)(c3cc(OC)ccc3F)CC2)c1. The molecular formula is C27H34F2O4. The third-order valence-corrected chi connectivity index (χ3v) is 6.14. The maximum absolute atomic E-state index is 15.5. The molecule has 4 nitrogen and oxygen atoms in total. The Labute approximate surface area is 195 Å². The molecular weight excluding hydrogens is 426 g/mol. The smallest absolute Gasteiger partial charge is 0.305 e. The molecule has 0 amide bonds. The molecule has 0 unspecified atom stereocenters. The number of rotatable bonds is 8. The molecule has 0 bridgehead atoms. The van der Waals surface area contributed by atoms with Gasteiger partial charge in [-0.05, 0) is 73.9 Å². The van der Waals surface area contributed by atoms with E-state index in [9.17, 15) is 9.18 Å². The van der Waals surface area contributed by atoms with Gasteiger partial charge in [0.25, 0.3) is 0 Å². The van der Waals surface area contributed by atoms with Gasteiger partial charge in [0.2, 0.25) is 0 Å². The second kappa shape index (κ2) is 12.0. The van der Waals surface area contributed by atoms with Crippen molar-refractivity contribution in [2.75, 3.05) is 20.8 Å². The fourth-order valence-corrected chi connectivity index (χ4v) is 3.90. The molecule has 0 radical (unpaired) electrons. The minimum Gasteiger partial charge on any atom is -0.497 e. The molecule has 180 valence electrons. The van der Waals surface area contributed by atoms with Crippen LogP contribution in [0.4, 0.5) is 8.78 Å². The lowest BCUT2D eigenvalue weighted by Gasteiger charge is -2.34. The summed E-state index contributed by atoms with van der Waals surface area (Å²) in [5.41, 5.74) is -0.597. The maximum Gasteiger partial charge on any atom is 0.305 e. The number of hydrogen-bond acceptors (Lipinski definition) is 4. The molecule has 2 aromatic carbocycles. The summed E-state index contributed by atoms with van der Waals surface area (Å²) in [5, 5.41) is 0. The van der Waals surface area contributed by atoms with E-state index < -0.39 is 11.5 Å². The van der Waals surface area contributed by atoms with Crippen LogP contribution in [0.15, 0.2) is 42.5 Å². The molecule has 4 rings (SSSR count). The van der Waals surface area contributed by atoms with Gasteiger partial charge in [-0.3, -0.25) is 4.79 Å². The molecule has 2 aliphatic carbocycles. The monoisotopic (exact) mass is 460 g/mol. The average Bonchev–Trinajstić information content (AvgIpc) is 3.72. The van der Waals surface area contributed by atoms with Crippen molar-refractivity contribution in [2.45, 2.75) is 63.5 Å². The summed E-state index contributed by atoms with van der Waals surface area (Å²) < 4.78 is 45.4. The van der Waals surface area contributed by atoms with Gasteiger partial charge in [0.1, 0.15) is 23.0 Å². The number of hydrogen-bond donors (Lipinski definition) is 0. The van der Waals surface area contributed by atoms with Crippen molar-refractivity contribution in [3.63, 3.8) is 0 Å². The molecule has 0 aromatic heterocycles. The Balaban J connectivity index is 0.000000942. The van der Waals surface area contributed by atoms with Gasteiger partial charge in [-0.25, -0.2) is 8.78 Å². The van der Waals surface area contributed by atoms with Gasteiger partial charge in [0.15, 0.2) is 0 Å². The first-order valence-corrected chi connectivity index (χ1v) is 11.7. The Morgan fingerprint density at radius 1 is 1.03 bits per heavy atom. The van der Waals surface area contributed by atoms with Crippen LogP contribution in [0.3, 0.4) is 0 Å². The minimum atomic E-state index is -1.68. The van der Waals surface area contributed by atoms with E-state index in [4.69, 9.17) is 9.47 Å². The Kier molecular flexibility index (Phi) is 9.10. The van der Waals surface area contributed by atoms with E-state index in [1.165, 1.54) is 51.7 Å². The largest absolute Gasteiger partial charge is 0.497 e. The van der Waals surface area contributed by atoms with Crippen LogP contribution < -0.4 is 9.47 Å². The van der Waals surface area contributed by atoms with Crippen molar-refractivity contribution in [3.8, 4) is 11.5 Å². The normalized spacial score (nSPS) is 21.4. The highest BCUT2D eigenvalue weighted by Crippen LogP contribution is 2.44. The summed E-state index contributed by atoms with van der Waals surface area (Å²) in [7, 11) is 2.86. The lowest BCUT2D eigenvalue weighted by atomic mass is 9.76. The first-order chi connectivity index (χ1) is 15.9. The number of alkyl halides is 1. The molecule has 0 saturated heterocycles. The molecule has 0 aliphatic heterocycles. The molecule has 2 aromatic rings. The van der Waals surface area contributed by atoms with Crippen molar-refractivity contribution in [2.24, 2.45) is 5.92 Å². The molecule has 0 N–H and O–H groups in total. The number of carbonyl (C=O) groups is 1. The molecule has 33 heavy (non-hydrogen) atoms. The third kappa shape index (κ3) is 7.72. The van der Waals surface area contributed by atoms with Gasteiger partial charge in [-0.1, -0.05) is 31.4 Å². The number of ether oxygens (including phenoxy) is 3. The molecule has 0 spiro atoms. The van der Waals surface area contributed by atoms with Crippen molar-refractivity contribution in [3.05, 3.63) is 59.4 Å². The second-order valence-electron chi connectivity index (χ2n) is 8.85. The van der Waals surface area contributed by atoms with Crippen molar-refractivity contribution in [1.29, 1.82) is 0 Å². The lowest BCUT2D eigenvalue weighted by molar-refractivity contribution is -0.140. The minimum absolute atomic E-state index is 0.0829. The molecule has 0 heterocycles. The summed E-state index contributed by atoms with van der Waals surface area (Å²) in [6, 6.07) is 11.8. The fourth-order valence-electron chi connectivity index (χ4n) is 3.90. The van der Waals surface area contributed by atoms with E-state index in [0.29, 0.717) is 38.0 Å². The quantitative estimate of drug-likeness (QED) is 0.419. The van der Waals surface area contributed by atoms with Crippen LogP contribution in [0.25, 0.3) is 0 Å². The predicted octanol–water partition coefficient (Wildman–Crippen LogP) is 6.54. The van der Waals surface area contributed by atoms with Crippen molar-refractivity contribution in [1.82, 2.24) is 0 Å². The van der Waals surface area contributed by atoms with Crippen LogP contribution in [-0.4, -0.2) is 26.8 Å². The third-order valence-electron chi connectivity index (χ3n) is 6.14. The fraction of sp³-hybridized carbons (Fsp3) is 0.519. The highest BCUT2D eigenvalue weighted by Gasteiger charge is 2.39. The van der Waals surface area contributed by atoms with Crippen molar-refractivity contribution >= 4 is 5.97 Å². The van der Waals surface area contributed by atoms with Crippen LogP contribution in [0, 0.1) is 11.7 Å². The zero-order valence-electron chi connectivity index (χ0n) is 19.6. The van der Waals surface area contributed by atoms with E-state index in [1.54, 1.807) is 0 Å². The standard InChI is InChI=1S/C24H28F2O4.C3H6/c1-28-19-7-8-22(25)21(15-19)24(26)12-10-18(11-13-24)16-30-20-5-3-4-17(14-20)6-9-23(27)29-2;1-2-3-1/h3-5,7-8,14-15,18H,6,9-13,16H2,1-2H3;1-3H2.